The third-order valence-corrected chi connectivity index (χ3v) is 4.61. The Hall–Kier alpha value is -2.73. The van der Waals surface area contributed by atoms with Gasteiger partial charge in [0.05, 0.1) is 11.9 Å². The maximum atomic E-state index is 4.63. The number of rotatable bonds is 4. The molecule has 1 aliphatic rings. The summed E-state index contributed by atoms with van der Waals surface area (Å²) in [5.41, 5.74) is 2.86. The molecule has 6 nitrogen and oxygen atoms in total. The Morgan fingerprint density at radius 3 is 2.96 bits per heavy atom. The first-order valence-electron chi connectivity index (χ1n) is 8.66. The molecular weight excluding hydrogens is 312 g/mol. The van der Waals surface area contributed by atoms with E-state index < -0.39 is 0 Å². The molecule has 2 N–H and O–H groups in total. The molecule has 0 aliphatic carbocycles. The van der Waals surface area contributed by atoms with Gasteiger partial charge in [0.1, 0.15) is 17.3 Å². The van der Waals surface area contributed by atoms with Crippen LogP contribution in [-0.2, 0) is 0 Å². The lowest BCUT2D eigenvalue weighted by molar-refractivity contribution is 0.249. The summed E-state index contributed by atoms with van der Waals surface area (Å²) in [5.74, 6) is 2.33. The van der Waals surface area contributed by atoms with Gasteiger partial charge in [0.15, 0.2) is 0 Å². The summed E-state index contributed by atoms with van der Waals surface area (Å²) >= 11 is 0. The number of aromatic amines is 1. The molecule has 0 bridgehead atoms. The van der Waals surface area contributed by atoms with E-state index >= 15 is 0 Å². The van der Waals surface area contributed by atoms with E-state index in [1.54, 1.807) is 18.6 Å². The van der Waals surface area contributed by atoms with Crippen LogP contribution >= 0.6 is 0 Å². The van der Waals surface area contributed by atoms with Gasteiger partial charge in [-0.15, -0.1) is 0 Å². The smallest absolute Gasteiger partial charge is 0.132 e. The summed E-state index contributed by atoms with van der Waals surface area (Å²) in [7, 11) is 2.19. The van der Waals surface area contributed by atoms with Crippen molar-refractivity contribution in [2.45, 2.75) is 18.8 Å². The highest BCUT2D eigenvalue weighted by Crippen LogP contribution is 2.27. The lowest BCUT2D eigenvalue weighted by Gasteiger charge is -2.29. The van der Waals surface area contributed by atoms with E-state index in [2.05, 4.69) is 49.3 Å². The zero-order valence-electron chi connectivity index (χ0n) is 14.3. The van der Waals surface area contributed by atoms with Crippen LogP contribution in [0, 0.1) is 0 Å². The molecule has 4 heterocycles. The fraction of sp³-hybridized carbons (Fsp3) is 0.316. The number of hydrogen-bond donors (Lipinski definition) is 2. The van der Waals surface area contributed by atoms with E-state index in [0.717, 1.165) is 29.6 Å². The van der Waals surface area contributed by atoms with Crippen LogP contribution in [0.3, 0.4) is 0 Å². The molecule has 0 spiro atoms. The number of anilines is 2. The third-order valence-electron chi connectivity index (χ3n) is 4.61. The monoisotopic (exact) mass is 334 g/mol. The number of H-pyrrole nitrogens is 1. The van der Waals surface area contributed by atoms with Gasteiger partial charge in [-0.25, -0.2) is 4.98 Å². The fourth-order valence-corrected chi connectivity index (χ4v) is 3.36. The lowest BCUT2D eigenvalue weighted by atomic mass is 9.95. The molecule has 4 rings (SSSR count). The number of nitrogens with zero attached hydrogens (tertiary/aromatic N) is 4. The van der Waals surface area contributed by atoms with Gasteiger partial charge < -0.3 is 15.2 Å². The van der Waals surface area contributed by atoms with Crippen molar-refractivity contribution in [3.8, 4) is 11.4 Å². The first kappa shape index (κ1) is 15.8. The SMILES string of the molecule is CN1CCCC(c2ccc(Nc3cccc(-c4cnccn4)n3)[nH]2)C1. The maximum absolute atomic E-state index is 4.63. The maximum Gasteiger partial charge on any atom is 0.132 e. The zero-order chi connectivity index (χ0) is 17.1. The second-order valence-electron chi connectivity index (χ2n) is 6.55. The summed E-state index contributed by atoms with van der Waals surface area (Å²) in [6.45, 7) is 2.31. The average molecular weight is 334 g/mol. The van der Waals surface area contributed by atoms with E-state index in [9.17, 15) is 0 Å². The van der Waals surface area contributed by atoms with Crippen LogP contribution in [0.4, 0.5) is 11.6 Å². The van der Waals surface area contributed by atoms with Gasteiger partial charge >= 0.3 is 0 Å². The molecule has 1 unspecified atom stereocenters. The van der Waals surface area contributed by atoms with Crippen LogP contribution in [0.2, 0.25) is 0 Å². The van der Waals surface area contributed by atoms with Crippen molar-refractivity contribution in [3.05, 3.63) is 54.6 Å². The molecule has 128 valence electrons. The van der Waals surface area contributed by atoms with Gasteiger partial charge in [0.2, 0.25) is 0 Å². The van der Waals surface area contributed by atoms with Crippen molar-refractivity contribution in [1.82, 2.24) is 24.8 Å². The number of likely N-dealkylation sites (N-methyl/N-ethyl adjacent to an activating group) is 1. The zero-order valence-corrected chi connectivity index (χ0v) is 14.3. The molecule has 3 aromatic heterocycles. The summed E-state index contributed by atoms with van der Waals surface area (Å²) in [5, 5.41) is 3.36. The molecule has 0 saturated carbocycles. The van der Waals surface area contributed by atoms with E-state index in [1.165, 1.54) is 25.1 Å². The van der Waals surface area contributed by atoms with Gasteiger partial charge in [0.25, 0.3) is 0 Å². The molecule has 0 aromatic carbocycles. The van der Waals surface area contributed by atoms with Gasteiger partial charge in [0, 0.05) is 30.6 Å². The second-order valence-corrected chi connectivity index (χ2v) is 6.55. The topological polar surface area (TPSA) is 69.7 Å². The third kappa shape index (κ3) is 3.69. The first-order chi connectivity index (χ1) is 12.3. The number of likely N-dealkylation sites (tertiary alicyclic amines) is 1. The highest BCUT2D eigenvalue weighted by atomic mass is 15.1. The number of hydrogen-bond acceptors (Lipinski definition) is 5. The van der Waals surface area contributed by atoms with Crippen molar-refractivity contribution in [2.75, 3.05) is 25.5 Å². The van der Waals surface area contributed by atoms with Crippen molar-refractivity contribution < 1.29 is 0 Å². The standard InChI is InChI=1S/C19H22N6/c1-25-11-3-4-14(13-25)15-7-8-19(22-15)24-18-6-2-5-16(23-18)17-12-20-9-10-21-17/h2,5-10,12,14,22H,3-4,11,13H2,1H3,(H,23,24). The average Bonchev–Trinajstić information content (AvgIpc) is 3.11. The Kier molecular flexibility index (Phi) is 4.43. The van der Waals surface area contributed by atoms with Gasteiger partial charge in [-0.3, -0.25) is 9.97 Å². The number of nitrogens with one attached hydrogen (secondary N) is 2. The Morgan fingerprint density at radius 1 is 1.16 bits per heavy atom. The van der Waals surface area contributed by atoms with E-state index in [-0.39, 0.29) is 0 Å². The van der Waals surface area contributed by atoms with Gasteiger partial charge in [-0.1, -0.05) is 6.07 Å². The number of piperidine rings is 1. The van der Waals surface area contributed by atoms with Crippen molar-refractivity contribution in [3.63, 3.8) is 0 Å². The van der Waals surface area contributed by atoms with Crippen molar-refractivity contribution >= 4 is 11.6 Å². The van der Waals surface area contributed by atoms with Crippen LogP contribution in [0.15, 0.2) is 48.9 Å². The van der Waals surface area contributed by atoms with Crippen LogP contribution in [0.5, 0.6) is 0 Å². The Bertz CT molecular complexity index is 829. The second kappa shape index (κ2) is 7.03. The first-order valence-corrected chi connectivity index (χ1v) is 8.66. The summed E-state index contributed by atoms with van der Waals surface area (Å²) in [6, 6.07) is 10.1. The van der Waals surface area contributed by atoms with Crippen molar-refractivity contribution in [1.29, 1.82) is 0 Å². The largest absolute Gasteiger partial charge is 0.345 e. The normalized spacial score (nSPS) is 18.2. The molecule has 0 radical (unpaired) electrons. The minimum atomic E-state index is 0.577. The van der Waals surface area contributed by atoms with E-state index in [0.29, 0.717) is 5.92 Å². The van der Waals surface area contributed by atoms with Gasteiger partial charge in [-0.2, -0.15) is 0 Å². The minimum Gasteiger partial charge on any atom is -0.345 e. The molecule has 25 heavy (non-hydrogen) atoms. The Morgan fingerprint density at radius 2 is 2.12 bits per heavy atom. The fourth-order valence-electron chi connectivity index (χ4n) is 3.36. The molecular formula is C19H22N6. The van der Waals surface area contributed by atoms with Crippen LogP contribution in [-0.4, -0.2) is 45.0 Å². The van der Waals surface area contributed by atoms with Crippen molar-refractivity contribution in [2.24, 2.45) is 0 Å². The van der Waals surface area contributed by atoms with Crippen LogP contribution in [0.25, 0.3) is 11.4 Å². The highest BCUT2D eigenvalue weighted by molar-refractivity contribution is 5.59. The van der Waals surface area contributed by atoms with E-state index in [1.807, 2.05) is 18.2 Å². The van der Waals surface area contributed by atoms with Crippen LogP contribution in [0.1, 0.15) is 24.5 Å². The molecule has 6 heteroatoms. The molecule has 1 aliphatic heterocycles. The summed E-state index contributed by atoms with van der Waals surface area (Å²) < 4.78 is 0. The van der Waals surface area contributed by atoms with Crippen LogP contribution < -0.4 is 5.32 Å². The lowest BCUT2D eigenvalue weighted by Crippen LogP contribution is -2.30. The number of aromatic nitrogens is 4. The predicted octanol–water partition coefficient (Wildman–Crippen LogP) is 3.42. The number of pyridine rings is 1. The Balaban J connectivity index is 1.49. The van der Waals surface area contributed by atoms with E-state index in [4.69, 9.17) is 0 Å². The Labute approximate surface area is 147 Å². The predicted molar refractivity (Wildman–Crippen MR) is 98.8 cm³/mol. The highest BCUT2D eigenvalue weighted by Gasteiger charge is 2.20. The van der Waals surface area contributed by atoms with Gasteiger partial charge in [-0.05, 0) is 50.7 Å². The quantitative estimate of drug-likeness (QED) is 0.765. The molecule has 1 fully saturated rings. The molecule has 1 atom stereocenters. The summed E-state index contributed by atoms with van der Waals surface area (Å²) in [4.78, 5) is 18.9. The summed E-state index contributed by atoms with van der Waals surface area (Å²) in [6.07, 6.45) is 7.55. The molecule has 3 aromatic rings. The molecule has 0 amide bonds. The minimum absolute atomic E-state index is 0.577. The molecule has 1 saturated heterocycles.